The fraction of sp³-hybridized carbons (Fsp3) is 0.400. The van der Waals surface area contributed by atoms with Crippen LogP contribution >= 0.6 is 0 Å². The molecule has 1 atom stereocenters. The lowest BCUT2D eigenvalue weighted by Gasteiger charge is -2.29. The number of carbonyl (C=O) groups excluding carboxylic acids is 2. The third kappa shape index (κ3) is 12.1. The van der Waals surface area contributed by atoms with E-state index in [0.29, 0.717) is 30.8 Å². The maximum absolute atomic E-state index is 14.2. The maximum Gasteiger partial charge on any atom is 0.408 e. The van der Waals surface area contributed by atoms with Crippen molar-refractivity contribution in [1.29, 1.82) is 0 Å². The number of methoxy groups -OCH3 is 2. The molecule has 0 fully saturated rings. The average Bonchev–Trinajstić information content (AvgIpc) is 3.01. The van der Waals surface area contributed by atoms with Gasteiger partial charge in [-0.05, 0) is 81.0 Å². The molecule has 0 unspecified atom stereocenters. The van der Waals surface area contributed by atoms with Crippen LogP contribution in [0.4, 0.5) is 9.59 Å². The molecule has 3 aromatic rings. The van der Waals surface area contributed by atoms with Crippen molar-refractivity contribution in [3.63, 3.8) is 0 Å². The van der Waals surface area contributed by atoms with E-state index in [9.17, 15) is 19.5 Å². The molecule has 0 heterocycles. The topological polar surface area (TPSA) is 118 Å². The smallest absolute Gasteiger partial charge is 0.408 e. The maximum atomic E-state index is 14.2. The van der Waals surface area contributed by atoms with Gasteiger partial charge in [0.25, 0.3) is 0 Å². The molecule has 0 aliphatic rings. The highest BCUT2D eigenvalue weighted by Crippen LogP contribution is 2.20. The number of benzene rings is 3. The van der Waals surface area contributed by atoms with E-state index in [2.05, 4.69) is 5.32 Å². The number of amides is 3. The normalized spacial score (nSPS) is 11.7. The molecule has 0 saturated carbocycles. The van der Waals surface area contributed by atoms with E-state index in [-0.39, 0.29) is 32.1 Å². The highest BCUT2D eigenvalue weighted by Gasteiger charge is 2.28. The SMILES string of the molecule is COc1cccc(CN(Cc2cccc(OC)c2)C(=O)[C@@H](CCCCN(Cc2ccccc2)C(=O)O)NC(=O)OC(C)(C)C)c1. The first-order valence-electron chi connectivity index (χ1n) is 15.0. The van der Waals surface area contributed by atoms with Gasteiger partial charge in [-0.15, -0.1) is 0 Å². The molecular formula is C35H45N3O7. The predicted molar refractivity (Wildman–Crippen MR) is 172 cm³/mol. The minimum atomic E-state index is -1.01. The molecule has 10 nitrogen and oxygen atoms in total. The van der Waals surface area contributed by atoms with Gasteiger partial charge in [0.05, 0.1) is 14.2 Å². The molecule has 2 N–H and O–H groups in total. The molecule has 3 aromatic carbocycles. The van der Waals surface area contributed by atoms with Crippen LogP contribution in [0.5, 0.6) is 11.5 Å². The van der Waals surface area contributed by atoms with Crippen molar-refractivity contribution < 1.29 is 33.7 Å². The summed E-state index contributed by atoms with van der Waals surface area (Å²) in [5.41, 5.74) is 1.86. The molecule has 3 rings (SSSR count). The Hall–Kier alpha value is -4.73. The van der Waals surface area contributed by atoms with Crippen molar-refractivity contribution in [2.45, 2.75) is 71.3 Å². The Balaban J connectivity index is 1.81. The second-order valence-corrected chi connectivity index (χ2v) is 11.8. The van der Waals surface area contributed by atoms with Gasteiger partial charge < -0.3 is 34.4 Å². The van der Waals surface area contributed by atoms with Crippen molar-refractivity contribution in [3.05, 3.63) is 95.6 Å². The van der Waals surface area contributed by atoms with Crippen molar-refractivity contribution >= 4 is 18.1 Å². The van der Waals surface area contributed by atoms with Gasteiger partial charge in [-0.1, -0.05) is 54.6 Å². The van der Waals surface area contributed by atoms with Crippen LogP contribution in [0.15, 0.2) is 78.9 Å². The minimum Gasteiger partial charge on any atom is -0.497 e. The molecule has 0 saturated heterocycles. The number of unbranched alkanes of at least 4 members (excludes halogenated alkanes) is 1. The second-order valence-electron chi connectivity index (χ2n) is 11.8. The van der Waals surface area contributed by atoms with Crippen LogP contribution < -0.4 is 14.8 Å². The average molecular weight is 620 g/mol. The Morgan fingerprint density at radius 2 is 1.29 bits per heavy atom. The number of nitrogens with one attached hydrogen (secondary N) is 1. The van der Waals surface area contributed by atoms with Gasteiger partial charge in [-0.2, -0.15) is 0 Å². The van der Waals surface area contributed by atoms with E-state index < -0.39 is 23.8 Å². The number of alkyl carbamates (subject to hydrolysis) is 1. The quantitative estimate of drug-likeness (QED) is 0.187. The Kier molecular flexibility index (Phi) is 13.1. The first kappa shape index (κ1) is 34.8. The zero-order valence-electron chi connectivity index (χ0n) is 26.8. The zero-order valence-corrected chi connectivity index (χ0v) is 26.8. The van der Waals surface area contributed by atoms with Crippen LogP contribution in [0, 0.1) is 0 Å². The Bertz CT molecular complexity index is 1340. The number of hydrogen-bond acceptors (Lipinski definition) is 6. The van der Waals surface area contributed by atoms with Crippen LogP contribution in [0.1, 0.15) is 56.7 Å². The first-order chi connectivity index (χ1) is 21.5. The molecule has 0 bridgehead atoms. The standard InChI is InChI=1S/C35H45N3O7/c1-35(2,3)45-33(40)36-31(19-9-10-20-37(34(41)42)23-26-13-7-6-8-14-26)32(39)38(24-27-15-11-17-29(21-27)43-4)25-28-16-12-18-30(22-28)44-5/h6-8,11-18,21-22,31H,9-10,19-20,23-25H2,1-5H3,(H,36,40)(H,41,42)/t31-/m1/s1. The van der Waals surface area contributed by atoms with Crippen molar-refractivity contribution in [3.8, 4) is 11.5 Å². The Labute approximate surface area is 265 Å². The molecular weight excluding hydrogens is 574 g/mol. The van der Waals surface area contributed by atoms with Gasteiger partial charge in [0.1, 0.15) is 23.1 Å². The van der Waals surface area contributed by atoms with E-state index in [1.165, 1.54) is 4.90 Å². The van der Waals surface area contributed by atoms with Crippen LogP contribution in [0.3, 0.4) is 0 Å². The minimum absolute atomic E-state index is 0.267. The van der Waals surface area contributed by atoms with Crippen molar-refractivity contribution in [2.75, 3.05) is 20.8 Å². The predicted octanol–water partition coefficient (Wildman–Crippen LogP) is 6.48. The van der Waals surface area contributed by atoms with Crippen LogP contribution in [0.25, 0.3) is 0 Å². The van der Waals surface area contributed by atoms with Crippen LogP contribution in [-0.2, 0) is 29.2 Å². The van der Waals surface area contributed by atoms with Crippen molar-refractivity contribution in [1.82, 2.24) is 15.1 Å². The number of hydrogen-bond donors (Lipinski definition) is 2. The summed E-state index contributed by atoms with van der Waals surface area (Å²) >= 11 is 0. The Morgan fingerprint density at radius 1 is 0.756 bits per heavy atom. The van der Waals surface area contributed by atoms with Gasteiger partial charge in [-0.3, -0.25) is 4.79 Å². The van der Waals surface area contributed by atoms with Crippen LogP contribution in [0.2, 0.25) is 0 Å². The van der Waals surface area contributed by atoms with Gasteiger partial charge in [0, 0.05) is 26.2 Å². The van der Waals surface area contributed by atoms with Gasteiger partial charge in [0.15, 0.2) is 0 Å². The third-order valence-corrected chi connectivity index (χ3v) is 6.97. The highest BCUT2D eigenvalue weighted by atomic mass is 16.6. The summed E-state index contributed by atoms with van der Waals surface area (Å²) in [6.07, 6.45) is -0.411. The molecule has 10 heteroatoms. The lowest BCUT2D eigenvalue weighted by atomic mass is 10.1. The van der Waals surface area contributed by atoms with E-state index in [4.69, 9.17) is 14.2 Å². The monoisotopic (exact) mass is 619 g/mol. The first-order valence-corrected chi connectivity index (χ1v) is 15.0. The number of carbonyl (C=O) groups is 3. The summed E-state index contributed by atoms with van der Waals surface area (Å²) in [5.74, 6) is 1.05. The largest absolute Gasteiger partial charge is 0.497 e. The number of nitrogens with zero attached hydrogens (tertiary/aromatic N) is 2. The van der Waals surface area contributed by atoms with Gasteiger partial charge in [-0.25, -0.2) is 9.59 Å². The molecule has 45 heavy (non-hydrogen) atoms. The number of rotatable bonds is 15. The van der Waals surface area contributed by atoms with E-state index in [0.717, 1.165) is 16.7 Å². The molecule has 0 radical (unpaired) electrons. The van der Waals surface area contributed by atoms with E-state index in [1.54, 1.807) is 39.9 Å². The summed E-state index contributed by atoms with van der Waals surface area (Å²) in [6.45, 7) is 6.36. The highest BCUT2D eigenvalue weighted by molar-refractivity contribution is 5.85. The lowest BCUT2D eigenvalue weighted by molar-refractivity contribution is -0.135. The molecule has 0 aliphatic carbocycles. The van der Waals surface area contributed by atoms with Gasteiger partial charge >= 0.3 is 12.2 Å². The van der Waals surface area contributed by atoms with Crippen LogP contribution in [-0.4, -0.2) is 65.4 Å². The lowest BCUT2D eigenvalue weighted by Crippen LogP contribution is -2.49. The van der Waals surface area contributed by atoms with Crippen molar-refractivity contribution in [2.24, 2.45) is 0 Å². The summed E-state index contributed by atoms with van der Waals surface area (Å²) in [4.78, 5) is 42.1. The Morgan fingerprint density at radius 3 is 1.80 bits per heavy atom. The summed E-state index contributed by atoms with van der Waals surface area (Å²) < 4.78 is 16.3. The summed E-state index contributed by atoms with van der Waals surface area (Å²) in [5, 5.41) is 12.5. The fourth-order valence-corrected chi connectivity index (χ4v) is 4.82. The molecule has 0 aliphatic heterocycles. The molecule has 3 amide bonds. The summed E-state index contributed by atoms with van der Waals surface area (Å²) in [6, 6.07) is 23.5. The van der Waals surface area contributed by atoms with E-state index >= 15 is 0 Å². The zero-order chi connectivity index (χ0) is 32.8. The molecule has 242 valence electrons. The third-order valence-electron chi connectivity index (χ3n) is 6.97. The summed E-state index contributed by atoms with van der Waals surface area (Å²) in [7, 11) is 3.18. The molecule has 0 spiro atoms. The van der Waals surface area contributed by atoms with E-state index in [1.807, 2.05) is 78.9 Å². The van der Waals surface area contributed by atoms with Gasteiger partial charge in [0.2, 0.25) is 5.91 Å². The second kappa shape index (κ2) is 16.9. The fourth-order valence-electron chi connectivity index (χ4n) is 4.82. The molecule has 0 aromatic heterocycles. The number of ether oxygens (including phenoxy) is 3. The number of carboxylic acid groups (broad SMARTS) is 1.